The van der Waals surface area contributed by atoms with Crippen molar-refractivity contribution < 1.29 is 9.26 Å². The molecule has 0 spiro atoms. The fraction of sp³-hybridized carbons (Fsp3) is 0. The number of nitrogens with zero attached hydrogens (tertiary/aromatic N) is 1. The zero-order chi connectivity index (χ0) is 13.2. The van der Waals surface area contributed by atoms with E-state index in [0.717, 1.165) is 5.39 Å². The number of hydrogen-bond donors (Lipinski definition) is 1. The van der Waals surface area contributed by atoms with E-state index in [4.69, 9.17) is 9.26 Å². The zero-order valence-electron chi connectivity index (χ0n) is 10.3. The summed E-state index contributed by atoms with van der Waals surface area (Å²) in [5.41, 5.74) is 0.607. The lowest BCUT2D eigenvalue weighted by Gasteiger charge is -1.87. The lowest BCUT2D eigenvalue weighted by molar-refractivity contribution is -0.00347. The van der Waals surface area contributed by atoms with Gasteiger partial charge in [-0.15, -0.1) is 5.10 Å². The molecule has 1 heterocycles. The first-order valence-electron chi connectivity index (χ1n) is 5.84. The minimum Gasteiger partial charge on any atom is -0.267 e. The highest BCUT2D eigenvalue weighted by molar-refractivity contribution is 5.74. The van der Waals surface area contributed by atoms with Gasteiger partial charge in [0.25, 0.3) is 0 Å². The average molecular weight is 254 g/mol. The van der Waals surface area contributed by atoms with Gasteiger partial charge in [-0.3, -0.25) is 4.58 Å². The third-order valence-electron chi connectivity index (χ3n) is 2.24. The highest BCUT2D eigenvalue weighted by atomic mass is 17.0. The number of hydrogen-bond acceptors (Lipinski definition) is 3. The molecule has 0 bridgehead atoms. The Morgan fingerprint density at radius 1 is 0.737 bits per heavy atom. The van der Waals surface area contributed by atoms with Crippen LogP contribution in [0.15, 0.2) is 88.3 Å². The molecule has 0 saturated heterocycles. The second-order valence-corrected chi connectivity index (χ2v) is 3.59. The Morgan fingerprint density at radius 2 is 1.37 bits per heavy atom. The van der Waals surface area contributed by atoms with E-state index in [-0.39, 0.29) is 0 Å². The molecule has 2 aromatic rings. The fourth-order valence-electron chi connectivity index (χ4n) is 1.38. The van der Waals surface area contributed by atoms with Crippen LogP contribution in [0.25, 0.3) is 11.0 Å². The van der Waals surface area contributed by atoms with Crippen molar-refractivity contribution in [2.45, 2.75) is 0 Å². The van der Waals surface area contributed by atoms with Crippen LogP contribution in [0, 0.1) is 0 Å². The molecule has 96 valence electrons. The second-order valence-electron chi connectivity index (χ2n) is 3.59. The summed E-state index contributed by atoms with van der Waals surface area (Å²) in [7, 11) is 0. The summed E-state index contributed by atoms with van der Waals surface area (Å²) in [5.74, 6) is 0. The van der Waals surface area contributed by atoms with Gasteiger partial charge < -0.3 is 0 Å². The molecule has 1 aromatic carbocycles. The van der Waals surface area contributed by atoms with Gasteiger partial charge in [0.2, 0.25) is 0 Å². The van der Waals surface area contributed by atoms with Crippen molar-refractivity contribution in [3.8, 4) is 0 Å². The van der Waals surface area contributed by atoms with Crippen LogP contribution in [0.2, 0.25) is 0 Å². The predicted molar refractivity (Wildman–Crippen MR) is 73.5 cm³/mol. The third-order valence-corrected chi connectivity index (χ3v) is 2.24. The molecule has 0 atom stereocenters. The van der Waals surface area contributed by atoms with Crippen molar-refractivity contribution in [2.75, 3.05) is 0 Å². The van der Waals surface area contributed by atoms with Crippen molar-refractivity contribution in [2.24, 2.45) is 0 Å². The van der Waals surface area contributed by atoms with Crippen LogP contribution in [0.1, 0.15) is 0 Å². The number of aromatic amines is 1. The maximum absolute atomic E-state index is 5.12. The molecule has 1 N–H and O–H groups in total. The summed E-state index contributed by atoms with van der Waals surface area (Å²) < 4.78 is 9.91. The number of benzene rings is 1. The Balaban J connectivity index is 2.61. The number of para-hydroxylation sites is 1. The Labute approximate surface area is 110 Å². The van der Waals surface area contributed by atoms with E-state index in [1.54, 1.807) is 12.3 Å². The summed E-state index contributed by atoms with van der Waals surface area (Å²) in [6.45, 7) is 0. The molecule has 0 radical (unpaired) electrons. The lowest BCUT2D eigenvalue weighted by Crippen LogP contribution is -1.69. The molecule has 4 nitrogen and oxygen atoms in total. The van der Waals surface area contributed by atoms with Crippen LogP contribution < -0.4 is 0 Å². The fourth-order valence-corrected chi connectivity index (χ4v) is 1.38. The van der Waals surface area contributed by atoms with Gasteiger partial charge in [-0.05, 0) is 12.1 Å². The van der Waals surface area contributed by atoms with E-state index in [0.29, 0.717) is 5.58 Å². The lowest BCUT2D eigenvalue weighted by atomic mass is 10.2. The highest BCUT2D eigenvalue weighted by Crippen LogP contribution is 2.08. The minimum atomic E-state index is 0.607. The minimum absolute atomic E-state index is 0.607. The van der Waals surface area contributed by atoms with Crippen molar-refractivity contribution in [3.05, 3.63) is 79.0 Å². The predicted octanol–water partition coefficient (Wildman–Crippen LogP) is 4.12. The summed E-state index contributed by atoms with van der Waals surface area (Å²) in [6, 6.07) is 22.7. The normalized spacial score (nSPS) is 9.05. The van der Waals surface area contributed by atoms with Crippen molar-refractivity contribution in [1.82, 2.24) is 10.4 Å². The highest BCUT2D eigenvalue weighted by Gasteiger charge is 1.87. The first-order valence-corrected chi connectivity index (χ1v) is 5.84. The van der Waals surface area contributed by atoms with E-state index in [1.807, 2.05) is 66.7 Å². The van der Waals surface area contributed by atoms with Gasteiger partial charge in [-0.2, -0.15) is 4.68 Å². The maximum atomic E-state index is 5.12. The van der Waals surface area contributed by atoms with Gasteiger partial charge in [0.05, 0.1) is 6.20 Å². The molecule has 0 aliphatic rings. The molecule has 0 amide bonds. The van der Waals surface area contributed by atoms with Crippen LogP contribution in [-0.2, 0) is 0 Å². The van der Waals surface area contributed by atoms with Crippen LogP contribution in [0.3, 0.4) is 0 Å². The largest absolute Gasteiger partial charge is 0.267 e. The molecule has 0 saturated carbocycles. The van der Waals surface area contributed by atoms with Crippen LogP contribution in [0.5, 0.6) is 0 Å². The van der Waals surface area contributed by atoms with Crippen molar-refractivity contribution >= 4 is 11.0 Å². The Morgan fingerprint density at radius 3 is 2.21 bits per heavy atom. The summed E-state index contributed by atoms with van der Waals surface area (Å²) >= 11 is 0. The van der Waals surface area contributed by atoms with E-state index < -0.39 is 0 Å². The van der Waals surface area contributed by atoms with E-state index in [1.165, 1.54) is 0 Å². The van der Waals surface area contributed by atoms with Crippen molar-refractivity contribution in [1.29, 1.82) is 0 Å². The second kappa shape index (κ2) is 7.55. The van der Waals surface area contributed by atoms with E-state index >= 15 is 0 Å². The molecule has 1 aromatic heterocycles. The SMILES string of the molecule is c1ccccn[nH]ooc2ccccc2cccc1. The number of rotatable bonds is 0. The van der Waals surface area contributed by atoms with Gasteiger partial charge in [0.1, 0.15) is 0 Å². The monoisotopic (exact) mass is 254 g/mol. The maximum Gasteiger partial charge on any atom is 0.188 e. The van der Waals surface area contributed by atoms with Crippen LogP contribution in [-0.4, -0.2) is 10.4 Å². The first kappa shape index (κ1) is 12.7. The molecule has 0 aliphatic carbocycles. The number of fused-ring (bicyclic) bond motifs is 1. The smallest absolute Gasteiger partial charge is 0.188 e. The molecule has 2 rings (SSSR count). The molecule has 0 unspecified atom stereocenters. The van der Waals surface area contributed by atoms with Gasteiger partial charge in [0.15, 0.2) is 5.58 Å². The molecule has 19 heavy (non-hydrogen) atoms. The van der Waals surface area contributed by atoms with Crippen LogP contribution >= 0.6 is 0 Å². The molecular weight excluding hydrogens is 240 g/mol. The Kier molecular flexibility index (Phi) is 5.05. The molecule has 0 aliphatic heterocycles. The topological polar surface area (TPSA) is 55.0 Å². The quantitative estimate of drug-likeness (QED) is 0.719. The van der Waals surface area contributed by atoms with Gasteiger partial charge in [0, 0.05) is 5.39 Å². The van der Waals surface area contributed by atoms with Crippen LogP contribution in [0.4, 0.5) is 0 Å². The standard InChI is InChI=1S/C15H14N2O2/c1-2-4-6-10-14-11-7-8-12-15(14)18-19-17-16-13-9-5-3-1/h1-13,17H. The third kappa shape index (κ3) is 4.55. The summed E-state index contributed by atoms with van der Waals surface area (Å²) in [4.78, 5) is 0. The molecule has 0 fully saturated rings. The summed E-state index contributed by atoms with van der Waals surface area (Å²) in [5, 5.41) is 7.02. The number of nitrogens with one attached hydrogen (secondary N) is 1. The van der Waals surface area contributed by atoms with Crippen molar-refractivity contribution in [3.63, 3.8) is 0 Å². The molecular formula is C15H14N2O2. The van der Waals surface area contributed by atoms with E-state index in [2.05, 4.69) is 10.4 Å². The zero-order valence-corrected chi connectivity index (χ0v) is 10.3. The summed E-state index contributed by atoms with van der Waals surface area (Å²) in [6.07, 6.45) is 1.56. The molecule has 4 heteroatoms. The van der Waals surface area contributed by atoms with Gasteiger partial charge in [-0.1, -0.05) is 65.9 Å². The average Bonchev–Trinajstić information content (AvgIpc) is 2.45. The first-order chi connectivity index (χ1) is 9.47. The van der Waals surface area contributed by atoms with Gasteiger partial charge >= 0.3 is 0 Å². The number of aromatic nitrogens is 2. The Hall–Kier alpha value is -2.75. The van der Waals surface area contributed by atoms with E-state index in [9.17, 15) is 0 Å². The van der Waals surface area contributed by atoms with Gasteiger partial charge in [-0.25, -0.2) is 0 Å². The number of H-pyrrole nitrogens is 1. The Bertz CT molecular complexity index is 610.